The Balaban J connectivity index is 3.70. The van der Waals surface area contributed by atoms with E-state index >= 15 is 0 Å². The van der Waals surface area contributed by atoms with Crippen molar-refractivity contribution in [2.24, 2.45) is 12.2 Å². The van der Waals surface area contributed by atoms with E-state index in [2.05, 4.69) is 10.3 Å². The standard InChI is InChI=1S/C8H5F8N3O/c1-19-3(2-17-20)4(7(11,12)13)5(18-19)6(9,10)8(14,15)16/h2,20H,1H3. The van der Waals surface area contributed by atoms with Crippen LogP contribution in [0.2, 0.25) is 0 Å². The second kappa shape index (κ2) is 4.59. The maximum Gasteiger partial charge on any atom is 0.459 e. The Morgan fingerprint density at radius 2 is 1.60 bits per heavy atom. The van der Waals surface area contributed by atoms with Gasteiger partial charge in [0.1, 0.15) is 5.56 Å². The lowest BCUT2D eigenvalue weighted by Crippen LogP contribution is -2.36. The highest BCUT2D eigenvalue weighted by atomic mass is 19.4. The zero-order valence-corrected chi connectivity index (χ0v) is 9.39. The van der Waals surface area contributed by atoms with Crippen LogP contribution in [-0.2, 0) is 19.1 Å². The summed E-state index contributed by atoms with van der Waals surface area (Å²) in [6, 6.07) is 0. The van der Waals surface area contributed by atoms with E-state index in [1.165, 1.54) is 0 Å². The SMILES string of the molecule is Cn1nc(C(F)(F)C(F)(F)F)c(C(F)(F)F)c1C=NO. The maximum absolute atomic E-state index is 13.1. The summed E-state index contributed by atoms with van der Waals surface area (Å²) >= 11 is 0. The van der Waals surface area contributed by atoms with Gasteiger partial charge in [-0.1, -0.05) is 5.16 Å². The van der Waals surface area contributed by atoms with Crippen LogP contribution in [0.4, 0.5) is 35.1 Å². The van der Waals surface area contributed by atoms with Crippen LogP contribution in [-0.4, -0.2) is 27.4 Å². The van der Waals surface area contributed by atoms with E-state index < -0.39 is 35.2 Å². The molecular weight excluding hydrogens is 306 g/mol. The molecular formula is C8H5F8N3O. The molecule has 0 unspecified atom stereocenters. The average molecular weight is 311 g/mol. The third-order valence-electron chi connectivity index (χ3n) is 2.21. The molecule has 1 heterocycles. The van der Waals surface area contributed by atoms with Gasteiger partial charge in [0, 0.05) is 7.05 Å². The van der Waals surface area contributed by atoms with Gasteiger partial charge in [-0.3, -0.25) is 4.68 Å². The van der Waals surface area contributed by atoms with Gasteiger partial charge in [-0.05, 0) is 0 Å². The van der Waals surface area contributed by atoms with Crippen molar-refractivity contribution in [1.29, 1.82) is 0 Å². The number of hydrogen-bond acceptors (Lipinski definition) is 3. The van der Waals surface area contributed by atoms with Crippen molar-refractivity contribution in [3.05, 3.63) is 17.0 Å². The van der Waals surface area contributed by atoms with Crippen molar-refractivity contribution in [3.8, 4) is 0 Å². The zero-order chi connectivity index (χ0) is 15.9. The topological polar surface area (TPSA) is 50.4 Å². The lowest BCUT2D eigenvalue weighted by molar-refractivity contribution is -0.292. The summed E-state index contributed by atoms with van der Waals surface area (Å²) in [5.74, 6) is -5.81. The van der Waals surface area contributed by atoms with Gasteiger partial charge in [0.15, 0.2) is 5.69 Å². The summed E-state index contributed by atoms with van der Waals surface area (Å²) in [7, 11) is 0.697. The molecule has 0 bridgehead atoms. The summed E-state index contributed by atoms with van der Waals surface area (Å²) in [6.07, 6.45) is -11.7. The predicted octanol–water partition coefficient (Wildman–Crippen LogP) is 2.90. The van der Waals surface area contributed by atoms with Crippen LogP contribution in [0, 0.1) is 0 Å². The zero-order valence-electron chi connectivity index (χ0n) is 9.39. The molecule has 0 aromatic carbocycles. The number of nitrogens with zero attached hydrogens (tertiary/aromatic N) is 3. The van der Waals surface area contributed by atoms with E-state index in [1.807, 2.05) is 0 Å². The molecule has 1 rings (SSSR count). The Bertz CT molecular complexity index is 527. The number of alkyl halides is 8. The summed E-state index contributed by atoms with van der Waals surface area (Å²) in [5, 5.41) is 12.9. The maximum atomic E-state index is 13.1. The molecule has 0 radical (unpaired) electrons. The average Bonchev–Trinajstić information content (AvgIpc) is 2.55. The summed E-state index contributed by atoms with van der Waals surface area (Å²) < 4.78 is 101. The first-order chi connectivity index (χ1) is 8.84. The van der Waals surface area contributed by atoms with Crippen LogP contribution < -0.4 is 0 Å². The molecule has 0 saturated heterocycles. The second-order valence-electron chi connectivity index (χ2n) is 3.55. The van der Waals surface area contributed by atoms with Crippen molar-refractivity contribution in [3.63, 3.8) is 0 Å². The molecule has 12 heteroatoms. The van der Waals surface area contributed by atoms with E-state index in [4.69, 9.17) is 5.21 Å². The number of rotatable bonds is 2. The van der Waals surface area contributed by atoms with E-state index in [-0.39, 0.29) is 10.9 Å². The van der Waals surface area contributed by atoms with Gasteiger partial charge in [0.25, 0.3) is 0 Å². The largest absolute Gasteiger partial charge is 0.459 e. The fourth-order valence-electron chi connectivity index (χ4n) is 1.37. The Morgan fingerprint density at radius 3 is 1.95 bits per heavy atom. The van der Waals surface area contributed by atoms with Gasteiger partial charge >= 0.3 is 18.3 Å². The van der Waals surface area contributed by atoms with Gasteiger partial charge in [0.05, 0.1) is 11.9 Å². The van der Waals surface area contributed by atoms with Crippen LogP contribution in [0.1, 0.15) is 17.0 Å². The molecule has 0 aliphatic heterocycles. The van der Waals surface area contributed by atoms with Crippen LogP contribution >= 0.6 is 0 Å². The Labute approximate surface area is 105 Å². The monoisotopic (exact) mass is 311 g/mol. The molecule has 0 fully saturated rings. The predicted molar refractivity (Wildman–Crippen MR) is 47.5 cm³/mol. The third kappa shape index (κ3) is 2.54. The highest BCUT2D eigenvalue weighted by molar-refractivity contribution is 5.80. The number of aryl methyl sites for hydroxylation is 1. The molecule has 1 N–H and O–H groups in total. The molecule has 114 valence electrons. The molecule has 1 aromatic rings. The summed E-state index contributed by atoms with van der Waals surface area (Å²) in [5.41, 5.74) is -6.06. The Kier molecular flexibility index (Phi) is 3.72. The smallest absolute Gasteiger partial charge is 0.411 e. The van der Waals surface area contributed by atoms with Crippen molar-refractivity contribution in [2.75, 3.05) is 0 Å². The van der Waals surface area contributed by atoms with Crippen LogP contribution in [0.25, 0.3) is 0 Å². The first kappa shape index (κ1) is 16.2. The van der Waals surface area contributed by atoms with Gasteiger partial charge in [0.2, 0.25) is 0 Å². The van der Waals surface area contributed by atoms with Crippen LogP contribution in [0.5, 0.6) is 0 Å². The highest BCUT2D eigenvalue weighted by Gasteiger charge is 2.63. The van der Waals surface area contributed by atoms with Crippen molar-refractivity contribution in [2.45, 2.75) is 18.3 Å². The number of halogens is 8. The first-order valence-corrected chi connectivity index (χ1v) is 4.60. The van der Waals surface area contributed by atoms with E-state index in [0.29, 0.717) is 7.05 Å². The summed E-state index contributed by atoms with van der Waals surface area (Å²) in [6.45, 7) is 0. The van der Waals surface area contributed by atoms with Crippen molar-refractivity contribution < 1.29 is 40.3 Å². The number of hydrogen-bond donors (Lipinski definition) is 1. The molecule has 1 aromatic heterocycles. The Morgan fingerprint density at radius 1 is 1.10 bits per heavy atom. The highest BCUT2D eigenvalue weighted by Crippen LogP contribution is 2.48. The molecule has 20 heavy (non-hydrogen) atoms. The summed E-state index contributed by atoms with van der Waals surface area (Å²) in [4.78, 5) is 0. The number of oxime groups is 1. The second-order valence-corrected chi connectivity index (χ2v) is 3.55. The van der Waals surface area contributed by atoms with Gasteiger partial charge < -0.3 is 5.21 Å². The quantitative estimate of drug-likeness (QED) is 0.395. The van der Waals surface area contributed by atoms with E-state index in [0.717, 1.165) is 0 Å². The number of aromatic nitrogens is 2. The molecule has 0 saturated carbocycles. The van der Waals surface area contributed by atoms with Crippen LogP contribution in [0.15, 0.2) is 5.16 Å². The fraction of sp³-hybridized carbons (Fsp3) is 0.500. The third-order valence-corrected chi connectivity index (χ3v) is 2.21. The molecule has 0 amide bonds. The van der Waals surface area contributed by atoms with Gasteiger partial charge in [-0.2, -0.15) is 40.2 Å². The minimum atomic E-state index is -6.25. The van der Waals surface area contributed by atoms with Crippen molar-refractivity contribution >= 4 is 6.21 Å². The van der Waals surface area contributed by atoms with E-state index in [9.17, 15) is 35.1 Å². The molecule has 0 aliphatic rings. The molecule has 0 spiro atoms. The van der Waals surface area contributed by atoms with Gasteiger partial charge in [-0.25, -0.2) is 0 Å². The van der Waals surface area contributed by atoms with Crippen LogP contribution in [0.3, 0.4) is 0 Å². The lowest BCUT2D eigenvalue weighted by atomic mass is 10.1. The molecule has 0 aliphatic carbocycles. The van der Waals surface area contributed by atoms with Gasteiger partial charge in [-0.15, -0.1) is 0 Å². The van der Waals surface area contributed by atoms with Crippen molar-refractivity contribution in [1.82, 2.24) is 9.78 Å². The lowest BCUT2D eigenvalue weighted by Gasteiger charge is -2.19. The minimum Gasteiger partial charge on any atom is -0.411 e. The molecule has 0 atom stereocenters. The first-order valence-electron chi connectivity index (χ1n) is 4.60. The van der Waals surface area contributed by atoms with E-state index in [1.54, 1.807) is 0 Å². The Hall–Kier alpha value is -1.88. The molecule has 4 nitrogen and oxygen atoms in total. The minimum absolute atomic E-state index is 0.0613. The normalized spacial score (nSPS) is 14.2. The fourth-order valence-corrected chi connectivity index (χ4v) is 1.37.